The van der Waals surface area contributed by atoms with Crippen LogP contribution in [0.3, 0.4) is 0 Å². The molecule has 0 saturated heterocycles. The fraction of sp³-hybridized carbons (Fsp3) is 0.571. The molecule has 13 heavy (non-hydrogen) atoms. The van der Waals surface area contributed by atoms with Gasteiger partial charge in [0.15, 0.2) is 5.13 Å². The van der Waals surface area contributed by atoms with Crippen LogP contribution in [0.25, 0.3) is 0 Å². The molecule has 6 heteroatoms. The van der Waals surface area contributed by atoms with Gasteiger partial charge in [0, 0.05) is 24.7 Å². The maximum Gasteiger partial charge on any atom is 0.255 e. The SMILES string of the molecule is NCCN(CC(F)F)c1nccs1. The lowest BCUT2D eigenvalue weighted by Crippen LogP contribution is -2.33. The maximum atomic E-state index is 12.1. The number of hydrogen-bond donors (Lipinski definition) is 1. The molecule has 0 aliphatic carbocycles. The van der Waals surface area contributed by atoms with Crippen molar-refractivity contribution in [3.63, 3.8) is 0 Å². The molecule has 0 radical (unpaired) electrons. The molecule has 0 bridgehead atoms. The zero-order chi connectivity index (χ0) is 9.68. The van der Waals surface area contributed by atoms with Gasteiger partial charge < -0.3 is 10.6 Å². The normalized spacial score (nSPS) is 10.8. The van der Waals surface area contributed by atoms with Crippen molar-refractivity contribution in [2.45, 2.75) is 6.43 Å². The third-order valence-corrected chi connectivity index (χ3v) is 2.28. The Balaban J connectivity index is 2.57. The van der Waals surface area contributed by atoms with Crippen molar-refractivity contribution in [2.24, 2.45) is 5.73 Å². The quantitative estimate of drug-likeness (QED) is 0.788. The Morgan fingerprint density at radius 3 is 2.85 bits per heavy atom. The van der Waals surface area contributed by atoms with Crippen molar-refractivity contribution in [1.82, 2.24) is 4.98 Å². The highest BCUT2D eigenvalue weighted by molar-refractivity contribution is 7.13. The van der Waals surface area contributed by atoms with Gasteiger partial charge in [0.05, 0.1) is 6.54 Å². The van der Waals surface area contributed by atoms with Gasteiger partial charge in [0.25, 0.3) is 6.43 Å². The molecule has 2 N–H and O–H groups in total. The first-order valence-corrected chi connectivity index (χ1v) is 4.74. The third kappa shape index (κ3) is 3.23. The minimum atomic E-state index is -2.35. The summed E-state index contributed by atoms with van der Waals surface area (Å²) in [5.41, 5.74) is 5.30. The Bertz CT molecular complexity index is 228. The van der Waals surface area contributed by atoms with Gasteiger partial charge in [0.1, 0.15) is 0 Å². The molecule has 0 fully saturated rings. The fourth-order valence-corrected chi connectivity index (χ4v) is 1.64. The smallest absolute Gasteiger partial charge is 0.255 e. The number of rotatable bonds is 5. The zero-order valence-electron chi connectivity index (χ0n) is 6.99. The lowest BCUT2D eigenvalue weighted by molar-refractivity contribution is 0.155. The summed E-state index contributed by atoms with van der Waals surface area (Å²) in [6.45, 7) is 0.467. The van der Waals surface area contributed by atoms with Crippen LogP contribution in [0.5, 0.6) is 0 Å². The van der Waals surface area contributed by atoms with E-state index in [-0.39, 0.29) is 6.54 Å². The predicted octanol–water partition coefficient (Wildman–Crippen LogP) is 1.17. The van der Waals surface area contributed by atoms with Crippen LogP contribution in [-0.4, -0.2) is 31.0 Å². The summed E-state index contributed by atoms with van der Waals surface area (Å²) in [6, 6.07) is 0. The van der Waals surface area contributed by atoms with Crippen LogP contribution < -0.4 is 10.6 Å². The van der Waals surface area contributed by atoms with E-state index < -0.39 is 6.43 Å². The van der Waals surface area contributed by atoms with E-state index in [1.807, 2.05) is 0 Å². The highest BCUT2D eigenvalue weighted by Gasteiger charge is 2.13. The van der Waals surface area contributed by atoms with Gasteiger partial charge in [-0.2, -0.15) is 0 Å². The van der Waals surface area contributed by atoms with Crippen LogP contribution in [0.1, 0.15) is 0 Å². The average molecular weight is 207 g/mol. The molecule has 1 heterocycles. The van der Waals surface area contributed by atoms with Gasteiger partial charge in [0.2, 0.25) is 0 Å². The monoisotopic (exact) mass is 207 g/mol. The Kier molecular flexibility index (Phi) is 4.04. The van der Waals surface area contributed by atoms with Crippen molar-refractivity contribution in [3.05, 3.63) is 11.6 Å². The molecule has 1 rings (SSSR count). The number of nitrogens with two attached hydrogens (primary N) is 1. The second kappa shape index (κ2) is 5.08. The van der Waals surface area contributed by atoms with Crippen LogP contribution >= 0.6 is 11.3 Å². The van der Waals surface area contributed by atoms with Gasteiger partial charge in [-0.25, -0.2) is 13.8 Å². The molecular formula is C7H11F2N3S. The van der Waals surface area contributed by atoms with E-state index in [1.54, 1.807) is 11.6 Å². The Morgan fingerprint density at radius 1 is 1.62 bits per heavy atom. The number of aromatic nitrogens is 1. The summed E-state index contributed by atoms with van der Waals surface area (Å²) in [5.74, 6) is 0. The van der Waals surface area contributed by atoms with Gasteiger partial charge in [-0.15, -0.1) is 11.3 Å². The number of thiazole rings is 1. The second-order valence-electron chi connectivity index (χ2n) is 2.44. The van der Waals surface area contributed by atoms with Crippen LogP contribution in [-0.2, 0) is 0 Å². The molecular weight excluding hydrogens is 196 g/mol. The van der Waals surface area contributed by atoms with Crippen molar-refractivity contribution < 1.29 is 8.78 Å². The second-order valence-corrected chi connectivity index (χ2v) is 3.31. The number of alkyl halides is 2. The summed E-state index contributed by atoms with van der Waals surface area (Å²) >= 11 is 1.34. The molecule has 0 unspecified atom stereocenters. The van der Waals surface area contributed by atoms with E-state index in [4.69, 9.17) is 5.73 Å². The topological polar surface area (TPSA) is 42.1 Å². The Morgan fingerprint density at radius 2 is 2.38 bits per heavy atom. The van der Waals surface area contributed by atoms with Crippen molar-refractivity contribution in [2.75, 3.05) is 24.5 Å². The van der Waals surface area contributed by atoms with E-state index in [9.17, 15) is 8.78 Å². The molecule has 0 aliphatic heterocycles. The van der Waals surface area contributed by atoms with Crippen molar-refractivity contribution in [3.8, 4) is 0 Å². The molecule has 0 amide bonds. The number of halogens is 2. The molecule has 3 nitrogen and oxygen atoms in total. The summed E-state index contributed by atoms with van der Waals surface area (Å²) in [6.07, 6.45) is -0.759. The van der Waals surface area contributed by atoms with Gasteiger partial charge in [-0.05, 0) is 0 Å². The standard InChI is InChI=1S/C7H11F2N3S/c8-6(9)5-12(3-1-10)7-11-2-4-13-7/h2,4,6H,1,3,5,10H2. The van der Waals surface area contributed by atoms with Gasteiger partial charge >= 0.3 is 0 Å². The van der Waals surface area contributed by atoms with E-state index >= 15 is 0 Å². The largest absolute Gasteiger partial charge is 0.341 e. The minimum Gasteiger partial charge on any atom is -0.341 e. The fourth-order valence-electron chi connectivity index (χ4n) is 0.960. The average Bonchev–Trinajstić information content (AvgIpc) is 2.54. The van der Waals surface area contributed by atoms with E-state index in [0.717, 1.165) is 0 Å². The minimum absolute atomic E-state index is 0.301. The molecule has 1 aromatic rings. The Labute approximate surface area is 79.2 Å². The lowest BCUT2D eigenvalue weighted by Gasteiger charge is -2.19. The highest BCUT2D eigenvalue weighted by atomic mass is 32.1. The van der Waals surface area contributed by atoms with Gasteiger partial charge in [-0.1, -0.05) is 0 Å². The molecule has 0 saturated carbocycles. The number of nitrogens with zero attached hydrogens (tertiary/aromatic N) is 2. The number of anilines is 1. The summed E-state index contributed by atoms with van der Waals surface area (Å²) in [7, 11) is 0. The first-order valence-electron chi connectivity index (χ1n) is 3.86. The number of hydrogen-bond acceptors (Lipinski definition) is 4. The van der Waals surface area contributed by atoms with Crippen molar-refractivity contribution >= 4 is 16.5 Å². The Hall–Kier alpha value is -0.750. The molecule has 0 aromatic carbocycles. The van der Waals surface area contributed by atoms with E-state index in [2.05, 4.69) is 4.98 Å². The first-order chi connectivity index (χ1) is 6.24. The summed E-state index contributed by atoms with van der Waals surface area (Å²) in [5, 5.41) is 2.36. The van der Waals surface area contributed by atoms with Crippen molar-refractivity contribution in [1.29, 1.82) is 0 Å². The molecule has 1 aromatic heterocycles. The molecule has 74 valence electrons. The highest BCUT2D eigenvalue weighted by Crippen LogP contribution is 2.17. The van der Waals surface area contributed by atoms with Crippen LogP contribution in [0, 0.1) is 0 Å². The summed E-state index contributed by atoms with van der Waals surface area (Å²) in [4.78, 5) is 5.44. The van der Waals surface area contributed by atoms with Gasteiger partial charge in [-0.3, -0.25) is 0 Å². The zero-order valence-corrected chi connectivity index (χ0v) is 7.81. The van der Waals surface area contributed by atoms with Crippen LogP contribution in [0.2, 0.25) is 0 Å². The maximum absolute atomic E-state index is 12.1. The molecule has 0 spiro atoms. The van der Waals surface area contributed by atoms with E-state index in [1.165, 1.54) is 16.2 Å². The summed E-state index contributed by atoms with van der Waals surface area (Å²) < 4.78 is 24.2. The van der Waals surface area contributed by atoms with E-state index in [0.29, 0.717) is 18.2 Å². The third-order valence-electron chi connectivity index (χ3n) is 1.45. The first kappa shape index (κ1) is 10.3. The lowest BCUT2D eigenvalue weighted by atomic mass is 10.5. The molecule has 0 atom stereocenters. The van der Waals surface area contributed by atoms with Crippen LogP contribution in [0.15, 0.2) is 11.6 Å². The predicted molar refractivity (Wildman–Crippen MR) is 49.4 cm³/mol. The molecule has 0 aliphatic rings. The van der Waals surface area contributed by atoms with Crippen LogP contribution in [0.4, 0.5) is 13.9 Å².